The van der Waals surface area contributed by atoms with Gasteiger partial charge in [-0.3, -0.25) is 0 Å². The van der Waals surface area contributed by atoms with Crippen molar-refractivity contribution in [1.29, 1.82) is 0 Å². The van der Waals surface area contributed by atoms with Gasteiger partial charge in [-0.05, 0) is 85.0 Å². The number of pyridine rings is 1. The highest BCUT2D eigenvalue weighted by molar-refractivity contribution is 5.61. The number of aliphatic hydroxyl groups excluding tert-OH is 1. The highest BCUT2D eigenvalue weighted by Crippen LogP contribution is 2.72. The van der Waals surface area contributed by atoms with E-state index in [0.717, 1.165) is 36.9 Å². The Morgan fingerprint density at radius 2 is 2.03 bits per heavy atom. The van der Waals surface area contributed by atoms with Crippen LogP contribution in [0.1, 0.15) is 57.7 Å². The minimum atomic E-state index is -0.915. The zero-order valence-corrected chi connectivity index (χ0v) is 22.7. The summed E-state index contributed by atoms with van der Waals surface area (Å²) in [6.45, 7) is 7.65. The number of ether oxygens (including phenoxy) is 4. The van der Waals surface area contributed by atoms with E-state index in [1.54, 1.807) is 16.8 Å². The molecule has 8 rings (SSSR count). The van der Waals surface area contributed by atoms with Crippen LogP contribution in [0.4, 0.5) is 4.39 Å². The molecule has 1 N–H and O–H groups in total. The summed E-state index contributed by atoms with van der Waals surface area (Å²) in [5.41, 5.74) is 2.54. The van der Waals surface area contributed by atoms with Crippen LogP contribution >= 0.6 is 0 Å². The largest absolute Gasteiger partial charge is 0.393 e. The molecular formula is C30H36FN3O5. The molecule has 2 aromatic rings. The molecule has 39 heavy (non-hydrogen) atoms. The fourth-order valence-electron chi connectivity index (χ4n) is 10.4. The lowest BCUT2D eigenvalue weighted by atomic mass is 9.45. The highest BCUT2D eigenvalue weighted by Gasteiger charge is 2.79. The molecule has 1 unspecified atom stereocenters. The van der Waals surface area contributed by atoms with Gasteiger partial charge in [0.05, 0.1) is 18.0 Å². The summed E-state index contributed by atoms with van der Waals surface area (Å²) >= 11 is 0. The van der Waals surface area contributed by atoms with Crippen LogP contribution in [0.3, 0.4) is 0 Å². The van der Waals surface area contributed by atoms with E-state index in [1.807, 2.05) is 6.20 Å². The average Bonchev–Trinajstić information content (AvgIpc) is 3.67. The smallest absolute Gasteiger partial charge is 0.238 e. The Morgan fingerprint density at radius 3 is 2.82 bits per heavy atom. The van der Waals surface area contributed by atoms with E-state index in [0.29, 0.717) is 30.6 Å². The molecule has 2 spiro atoms. The average molecular weight is 538 g/mol. The van der Waals surface area contributed by atoms with E-state index in [2.05, 4.69) is 36.9 Å². The number of hydrogen-bond donors (Lipinski definition) is 1. The van der Waals surface area contributed by atoms with Gasteiger partial charge in [0, 0.05) is 11.6 Å². The maximum Gasteiger partial charge on any atom is 0.238 e. The van der Waals surface area contributed by atoms with Crippen LogP contribution in [0.2, 0.25) is 0 Å². The lowest BCUT2D eigenvalue weighted by molar-refractivity contribution is -0.266. The normalized spacial score (nSPS) is 46.2. The van der Waals surface area contributed by atoms with Crippen LogP contribution in [0.5, 0.6) is 0 Å². The Balaban J connectivity index is 1.18. The number of aliphatic hydroxyl groups is 1. The first kappa shape index (κ1) is 24.6. The van der Waals surface area contributed by atoms with Crippen molar-refractivity contribution < 1.29 is 28.4 Å². The summed E-state index contributed by atoms with van der Waals surface area (Å²) in [6, 6.07) is 3.44. The van der Waals surface area contributed by atoms with Crippen molar-refractivity contribution in [1.82, 2.24) is 14.8 Å². The Bertz CT molecular complexity index is 1370. The molecule has 4 aliphatic carbocycles. The summed E-state index contributed by atoms with van der Waals surface area (Å²) in [7, 11) is 0. The van der Waals surface area contributed by atoms with Crippen LogP contribution < -0.4 is 0 Å². The van der Waals surface area contributed by atoms with Gasteiger partial charge in [-0.15, -0.1) is 0 Å². The molecule has 208 valence electrons. The third kappa shape index (κ3) is 2.86. The zero-order chi connectivity index (χ0) is 26.8. The van der Waals surface area contributed by atoms with E-state index in [1.165, 1.54) is 11.8 Å². The Morgan fingerprint density at radius 1 is 1.18 bits per heavy atom. The minimum Gasteiger partial charge on any atom is -0.393 e. The molecule has 9 atom stereocenters. The van der Waals surface area contributed by atoms with Gasteiger partial charge in [-0.2, -0.15) is 9.49 Å². The summed E-state index contributed by atoms with van der Waals surface area (Å²) in [5, 5.41) is 16.7. The van der Waals surface area contributed by atoms with Crippen LogP contribution in [-0.2, 0) is 25.4 Å². The van der Waals surface area contributed by atoms with E-state index in [-0.39, 0.29) is 36.3 Å². The van der Waals surface area contributed by atoms with E-state index in [4.69, 9.17) is 18.9 Å². The minimum absolute atomic E-state index is 0.114. The SMILES string of the molecule is C[C@@H]1C[C@H]2[C@@H]3CCC4=Cc5c(cnn5-c5cccnc5F)C[C@]4(C)[C@H]3[C@@H](O)C[C@]2(C)[C@]12OCOC21COCO1. The summed E-state index contributed by atoms with van der Waals surface area (Å²) < 4.78 is 40.9. The first-order valence-corrected chi connectivity index (χ1v) is 14.3. The summed E-state index contributed by atoms with van der Waals surface area (Å²) in [6.07, 6.45) is 9.39. The fourth-order valence-corrected chi connectivity index (χ4v) is 10.4. The standard InChI is InChI=1S/C30H36FN3O5/c1-17-9-21-20-7-6-19-10-23-18(13-33-34(23)22-5-4-8-32-26(22)31)11-27(19,2)25(20)24(35)12-28(21,3)30(17)29(38-16-39-30)14-36-15-37-29/h4-5,8,10,13,17,20-21,24-25,35H,6-7,9,11-12,14-16H2,1-3H3/t17-,20+,21+,24+,25-,27+,28+,29?,30-/m1/s1. The third-order valence-corrected chi connectivity index (χ3v) is 11.7. The van der Waals surface area contributed by atoms with Crippen LogP contribution in [0, 0.1) is 40.4 Å². The molecule has 0 radical (unpaired) electrons. The molecule has 0 amide bonds. The molecular weight excluding hydrogens is 501 g/mol. The van der Waals surface area contributed by atoms with Crippen LogP contribution in [0.15, 0.2) is 30.1 Å². The fraction of sp³-hybridized carbons (Fsp3) is 0.667. The molecule has 0 bridgehead atoms. The second-order valence-corrected chi connectivity index (χ2v) is 13.2. The second-order valence-electron chi connectivity index (χ2n) is 13.2. The van der Waals surface area contributed by atoms with E-state index >= 15 is 0 Å². The van der Waals surface area contributed by atoms with Crippen LogP contribution in [-0.4, -0.2) is 57.6 Å². The first-order chi connectivity index (χ1) is 18.7. The third-order valence-electron chi connectivity index (χ3n) is 11.7. The topological polar surface area (TPSA) is 87.9 Å². The van der Waals surface area contributed by atoms with Gasteiger partial charge < -0.3 is 24.1 Å². The van der Waals surface area contributed by atoms with Gasteiger partial charge in [0.15, 0.2) is 13.6 Å². The van der Waals surface area contributed by atoms with Gasteiger partial charge in [0.25, 0.3) is 0 Å². The van der Waals surface area contributed by atoms with E-state index in [9.17, 15) is 9.50 Å². The molecule has 5 fully saturated rings. The van der Waals surface area contributed by atoms with Gasteiger partial charge in [0.1, 0.15) is 17.9 Å². The first-order valence-electron chi connectivity index (χ1n) is 14.3. The van der Waals surface area contributed by atoms with Crippen molar-refractivity contribution in [2.45, 2.75) is 70.4 Å². The molecule has 0 aromatic carbocycles. The van der Waals surface area contributed by atoms with Gasteiger partial charge in [-0.25, -0.2) is 9.67 Å². The molecule has 2 aromatic heterocycles. The van der Waals surface area contributed by atoms with Gasteiger partial charge >= 0.3 is 0 Å². The van der Waals surface area contributed by atoms with Crippen LogP contribution in [0.25, 0.3) is 11.8 Å². The van der Waals surface area contributed by atoms with Crippen molar-refractivity contribution in [3.8, 4) is 5.69 Å². The van der Waals surface area contributed by atoms with Crippen molar-refractivity contribution in [2.75, 3.05) is 20.2 Å². The molecule has 9 heteroatoms. The number of fused-ring (bicyclic) bond motifs is 8. The van der Waals surface area contributed by atoms with Crippen molar-refractivity contribution in [3.05, 3.63) is 47.3 Å². The molecule has 4 heterocycles. The number of halogens is 1. The summed E-state index contributed by atoms with van der Waals surface area (Å²) in [4.78, 5) is 3.83. The van der Waals surface area contributed by atoms with Gasteiger partial charge in [0.2, 0.25) is 11.7 Å². The second kappa shape index (κ2) is 7.97. The van der Waals surface area contributed by atoms with Crippen molar-refractivity contribution in [2.24, 2.45) is 34.5 Å². The Labute approximate surface area is 227 Å². The highest BCUT2D eigenvalue weighted by atomic mass is 19.1. The number of aromatic nitrogens is 3. The summed E-state index contributed by atoms with van der Waals surface area (Å²) in [5.74, 6) is -0.407. The van der Waals surface area contributed by atoms with E-state index < -0.39 is 23.4 Å². The van der Waals surface area contributed by atoms with Gasteiger partial charge in [-0.1, -0.05) is 26.3 Å². The van der Waals surface area contributed by atoms with Crippen molar-refractivity contribution >= 4 is 6.08 Å². The lowest BCUT2D eigenvalue weighted by Crippen LogP contribution is -2.67. The maximum absolute atomic E-state index is 14.6. The molecule has 2 saturated heterocycles. The molecule has 8 nitrogen and oxygen atoms in total. The predicted octanol–water partition coefficient (Wildman–Crippen LogP) is 4.25. The number of hydrogen-bond acceptors (Lipinski definition) is 7. The Hall–Kier alpha value is -2.17. The zero-order valence-electron chi connectivity index (χ0n) is 22.7. The quantitative estimate of drug-likeness (QED) is 0.544. The number of allylic oxidation sites excluding steroid dienone is 1. The Kier molecular flexibility index (Phi) is 5.03. The monoisotopic (exact) mass is 537 g/mol. The van der Waals surface area contributed by atoms with Crippen molar-refractivity contribution in [3.63, 3.8) is 0 Å². The molecule has 2 aliphatic heterocycles. The molecule has 3 saturated carbocycles. The maximum atomic E-state index is 14.6. The molecule has 6 aliphatic rings. The lowest BCUT2D eigenvalue weighted by Gasteiger charge is -2.61. The number of rotatable bonds is 1. The predicted molar refractivity (Wildman–Crippen MR) is 138 cm³/mol. The number of nitrogens with zero attached hydrogens (tertiary/aromatic N) is 3.